The van der Waals surface area contributed by atoms with E-state index in [0.717, 1.165) is 39.0 Å². The maximum absolute atomic E-state index is 13.4. The minimum absolute atomic E-state index is 0.156. The van der Waals surface area contributed by atoms with Gasteiger partial charge in [-0.15, -0.1) is 9.24 Å². The Hall–Kier alpha value is -0.760. The van der Waals surface area contributed by atoms with Crippen LogP contribution in [-0.4, -0.2) is 52.6 Å². The summed E-state index contributed by atoms with van der Waals surface area (Å²) in [6.07, 6.45) is 3.25. The molecule has 21 heavy (non-hydrogen) atoms. The number of hydrogen-bond acceptors (Lipinski definition) is 3. The van der Waals surface area contributed by atoms with Gasteiger partial charge in [-0.05, 0) is 24.8 Å². The Balaban J connectivity index is 1.74. The van der Waals surface area contributed by atoms with Crippen LogP contribution in [0.15, 0.2) is 30.3 Å². The van der Waals surface area contributed by atoms with Gasteiger partial charge in [-0.25, -0.2) is 0 Å². The monoisotopic (exact) mass is 300 g/mol. The first-order chi connectivity index (χ1) is 10.1. The largest absolute Gasteiger partial charge is 0.298 e. The predicted octanol–water partition coefficient (Wildman–Crippen LogP) is 1.63. The van der Waals surface area contributed by atoms with E-state index >= 15 is 0 Å². The zero-order valence-corrected chi connectivity index (χ0v) is 13.4. The Kier molecular flexibility index (Phi) is 2.29. The molecule has 4 unspecified atom stereocenters. The fourth-order valence-electron chi connectivity index (χ4n) is 5.66. The van der Waals surface area contributed by atoms with E-state index in [1.54, 1.807) is 0 Å². The molecule has 1 aliphatic carbocycles. The lowest BCUT2D eigenvalue weighted by Crippen LogP contribution is -2.58. The lowest BCUT2D eigenvalue weighted by Gasteiger charge is -2.47. The summed E-state index contributed by atoms with van der Waals surface area (Å²) in [6, 6.07) is 10.5. The number of ketones is 1. The number of fused-ring (bicyclic) bond motifs is 2. The molecule has 0 radical (unpaired) electrons. The van der Waals surface area contributed by atoms with Gasteiger partial charge in [0, 0.05) is 26.2 Å². The van der Waals surface area contributed by atoms with E-state index in [1.807, 2.05) is 6.07 Å². The van der Waals surface area contributed by atoms with E-state index in [-0.39, 0.29) is 16.2 Å². The summed E-state index contributed by atoms with van der Waals surface area (Å²) in [5.74, 6) is 0.466. The van der Waals surface area contributed by atoms with E-state index in [9.17, 15) is 4.79 Å². The van der Waals surface area contributed by atoms with Gasteiger partial charge in [-0.1, -0.05) is 30.3 Å². The normalized spacial score (nSPS) is 45.3. The number of carbonyl (C=O) groups excluding carboxylic acids is 1. The maximum Gasteiger partial charge on any atom is 0.156 e. The summed E-state index contributed by atoms with van der Waals surface area (Å²) >= 11 is 0. The second-order valence-corrected chi connectivity index (χ2v) is 8.57. The average molecular weight is 300 g/mol. The van der Waals surface area contributed by atoms with Crippen molar-refractivity contribution in [3.05, 3.63) is 35.9 Å². The van der Waals surface area contributed by atoms with E-state index in [4.69, 9.17) is 0 Å². The Bertz CT molecular complexity index is 635. The maximum atomic E-state index is 13.4. The van der Waals surface area contributed by atoms with Gasteiger partial charge < -0.3 is 0 Å². The highest BCUT2D eigenvalue weighted by Gasteiger charge is 2.73. The molecule has 4 fully saturated rings. The second-order valence-electron chi connectivity index (χ2n) is 7.47. The molecule has 1 aromatic rings. The van der Waals surface area contributed by atoms with Gasteiger partial charge in [0.25, 0.3) is 0 Å². The van der Waals surface area contributed by atoms with Crippen LogP contribution in [0.2, 0.25) is 0 Å². The smallest absolute Gasteiger partial charge is 0.156 e. The third-order valence-electron chi connectivity index (χ3n) is 6.36. The molecular formula is C17H21N2OP. The Morgan fingerprint density at radius 1 is 1.00 bits per heavy atom. The van der Waals surface area contributed by atoms with Crippen LogP contribution in [-0.2, 0) is 10.2 Å². The third-order valence-corrected chi connectivity index (χ3v) is 7.01. The fourth-order valence-corrected chi connectivity index (χ4v) is 6.48. The number of rotatable bonds is 1. The Labute approximate surface area is 127 Å². The highest BCUT2D eigenvalue weighted by molar-refractivity contribution is 7.21. The van der Waals surface area contributed by atoms with Gasteiger partial charge in [0.05, 0.1) is 16.2 Å². The second kappa shape index (κ2) is 3.76. The molecule has 3 aliphatic heterocycles. The van der Waals surface area contributed by atoms with Crippen molar-refractivity contribution in [1.29, 1.82) is 0 Å². The van der Waals surface area contributed by atoms with Crippen molar-refractivity contribution in [3.63, 3.8) is 0 Å². The topological polar surface area (TPSA) is 23.6 Å². The van der Waals surface area contributed by atoms with Crippen molar-refractivity contribution in [1.82, 2.24) is 9.80 Å². The van der Waals surface area contributed by atoms with Crippen LogP contribution in [0.1, 0.15) is 24.8 Å². The zero-order valence-electron chi connectivity index (χ0n) is 12.2. The van der Waals surface area contributed by atoms with Crippen LogP contribution in [0.25, 0.3) is 0 Å². The number of carbonyl (C=O) groups is 1. The van der Waals surface area contributed by atoms with Gasteiger partial charge in [-0.3, -0.25) is 14.6 Å². The van der Waals surface area contributed by atoms with Gasteiger partial charge in [0.1, 0.15) is 0 Å². The van der Waals surface area contributed by atoms with E-state index < -0.39 is 0 Å². The molecule has 110 valence electrons. The fraction of sp³-hybridized carbons (Fsp3) is 0.588. The standard InChI is InChI=1S/C17H21N2OP/c20-14-15(13-5-2-1-3-6-13)9-17-10-16(14,21)12-19(17)8-4-7-18(17)11-15/h1-3,5-6H,4,7-12,21H2. The van der Waals surface area contributed by atoms with Crippen LogP contribution in [0.4, 0.5) is 0 Å². The van der Waals surface area contributed by atoms with Gasteiger partial charge >= 0.3 is 0 Å². The number of benzene rings is 1. The highest BCUT2D eigenvalue weighted by Crippen LogP contribution is 2.62. The third kappa shape index (κ3) is 1.34. The first-order valence-corrected chi connectivity index (χ1v) is 8.56. The highest BCUT2D eigenvalue weighted by atomic mass is 31.0. The molecule has 3 nitrogen and oxygen atoms in total. The molecule has 0 N–H and O–H groups in total. The predicted molar refractivity (Wildman–Crippen MR) is 85.3 cm³/mol. The first-order valence-electron chi connectivity index (χ1n) is 7.99. The Morgan fingerprint density at radius 2 is 1.71 bits per heavy atom. The molecule has 1 aromatic carbocycles. The van der Waals surface area contributed by atoms with Crippen molar-refractivity contribution in [2.24, 2.45) is 0 Å². The molecule has 3 bridgehead atoms. The molecule has 0 amide bonds. The van der Waals surface area contributed by atoms with Crippen LogP contribution >= 0.6 is 9.24 Å². The number of nitrogens with zero attached hydrogens (tertiary/aromatic N) is 2. The molecule has 4 aliphatic rings. The number of hydrogen-bond donors (Lipinski definition) is 0. The Morgan fingerprint density at radius 3 is 2.48 bits per heavy atom. The molecule has 4 atom stereocenters. The summed E-state index contributed by atoms with van der Waals surface area (Å²) in [7, 11) is 2.95. The quantitative estimate of drug-likeness (QED) is 0.737. The molecule has 3 heterocycles. The van der Waals surface area contributed by atoms with Gasteiger partial charge in [0.2, 0.25) is 0 Å². The van der Waals surface area contributed by atoms with Crippen LogP contribution in [0.5, 0.6) is 0 Å². The molecular weight excluding hydrogens is 279 g/mol. The minimum atomic E-state index is -0.277. The van der Waals surface area contributed by atoms with Crippen LogP contribution in [0, 0.1) is 0 Å². The van der Waals surface area contributed by atoms with Crippen molar-refractivity contribution in [2.45, 2.75) is 35.5 Å². The molecule has 5 rings (SSSR count). The van der Waals surface area contributed by atoms with E-state index in [0.29, 0.717) is 5.78 Å². The lowest BCUT2D eigenvalue weighted by atomic mass is 9.65. The van der Waals surface area contributed by atoms with Crippen LogP contribution < -0.4 is 0 Å². The summed E-state index contributed by atoms with van der Waals surface area (Å²) in [5.41, 5.74) is 1.11. The molecule has 4 heteroatoms. The number of Topliss-reactive ketones (excluding diaryl/α,β-unsaturated/α-hetero) is 1. The lowest BCUT2D eigenvalue weighted by molar-refractivity contribution is -0.127. The van der Waals surface area contributed by atoms with Gasteiger partial charge in [-0.2, -0.15) is 0 Å². The molecule has 1 spiro atoms. The summed E-state index contributed by atoms with van der Waals surface area (Å²) in [4.78, 5) is 18.7. The van der Waals surface area contributed by atoms with E-state index in [2.05, 4.69) is 43.3 Å². The molecule has 3 saturated heterocycles. The first kappa shape index (κ1) is 12.8. The molecule has 0 aromatic heterocycles. The minimum Gasteiger partial charge on any atom is -0.298 e. The van der Waals surface area contributed by atoms with Crippen molar-refractivity contribution in [2.75, 3.05) is 26.2 Å². The van der Waals surface area contributed by atoms with Crippen molar-refractivity contribution in [3.8, 4) is 0 Å². The summed E-state index contributed by atoms with van der Waals surface area (Å²) in [6.45, 7) is 4.16. The zero-order chi connectivity index (χ0) is 14.3. The molecule has 1 saturated carbocycles. The van der Waals surface area contributed by atoms with E-state index in [1.165, 1.54) is 12.0 Å². The SMILES string of the molecule is O=C1C2(P)CN3CCCN4CC1(c1ccccc1)CC34C2. The summed E-state index contributed by atoms with van der Waals surface area (Å²) in [5, 5.41) is -0.229. The summed E-state index contributed by atoms with van der Waals surface area (Å²) < 4.78 is 0. The van der Waals surface area contributed by atoms with Crippen molar-refractivity contribution >= 4 is 15.0 Å². The van der Waals surface area contributed by atoms with Crippen molar-refractivity contribution < 1.29 is 4.79 Å². The van der Waals surface area contributed by atoms with Crippen LogP contribution in [0.3, 0.4) is 0 Å². The van der Waals surface area contributed by atoms with Gasteiger partial charge in [0.15, 0.2) is 5.78 Å². The average Bonchev–Trinajstić information content (AvgIpc) is 2.95.